The van der Waals surface area contributed by atoms with Gasteiger partial charge in [0, 0.05) is 17.0 Å². The molecule has 0 radical (unpaired) electrons. The number of nitrogens with zero attached hydrogens (tertiary/aromatic N) is 1. The second-order valence-corrected chi connectivity index (χ2v) is 5.83. The van der Waals surface area contributed by atoms with E-state index >= 15 is 0 Å². The van der Waals surface area contributed by atoms with E-state index in [2.05, 4.69) is 0 Å². The highest BCUT2D eigenvalue weighted by atomic mass is 16.5. The summed E-state index contributed by atoms with van der Waals surface area (Å²) < 4.78 is 11.4. The molecule has 0 aliphatic rings. The lowest BCUT2D eigenvalue weighted by Crippen LogP contribution is -2.03. The predicted molar refractivity (Wildman–Crippen MR) is 102 cm³/mol. The first-order valence-electron chi connectivity index (χ1n) is 8.24. The number of benzene rings is 3. The second kappa shape index (κ2) is 6.76. The first kappa shape index (κ1) is 16.0. The predicted octanol–water partition coefficient (Wildman–Crippen LogP) is 5.05. The van der Waals surface area contributed by atoms with E-state index in [9.17, 15) is 5.11 Å². The van der Waals surface area contributed by atoms with E-state index in [1.165, 1.54) is 0 Å². The fourth-order valence-electron chi connectivity index (χ4n) is 2.85. The standard InChI is InChI=1S/C22H17NO3/c1-25-21-10-6-5-9-18(21)23-19-14-22(15-7-3-2-4-8-15)26-20-12-11-16(24)13-17(19)20/h2-14,24H,1H3. The number of ether oxygens (including phenoxy) is 1. The molecule has 0 bridgehead atoms. The number of phenolic OH excluding ortho intramolecular Hbond substituents is 1. The van der Waals surface area contributed by atoms with Gasteiger partial charge < -0.3 is 14.3 Å². The molecule has 0 saturated carbocycles. The molecule has 3 aromatic carbocycles. The van der Waals surface area contributed by atoms with Crippen LogP contribution in [-0.2, 0) is 0 Å². The molecule has 4 heteroatoms. The molecule has 1 aromatic heterocycles. The van der Waals surface area contributed by atoms with Crippen LogP contribution < -0.4 is 10.1 Å². The van der Waals surface area contributed by atoms with Crippen LogP contribution >= 0.6 is 0 Å². The van der Waals surface area contributed by atoms with Crippen molar-refractivity contribution < 1.29 is 14.3 Å². The van der Waals surface area contributed by atoms with Crippen molar-refractivity contribution in [3.63, 3.8) is 0 Å². The smallest absolute Gasteiger partial charge is 0.144 e. The van der Waals surface area contributed by atoms with Gasteiger partial charge in [0.1, 0.15) is 28.5 Å². The third kappa shape index (κ3) is 3.05. The van der Waals surface area contributed by atoms with Crippen molar-refractivity contribution in [1.82, 2.24) is 0 Å². The topological polar surface area (TPSA) is 55.0 Å². The number of hydrogen-bond donors (Lipinski definition) is 1. The van der Waals surface area contributed by atoms with Gasteiger partial charge in [0.05, 0.1) is 12.5 Å². The van der Waals surface area contributed by atoms with Crippen LogP contribution in [0, 0.1) is 0 Å². The van der Waals surface area contributed by atoms with Gasteiger partial charge >= 0.3 is 0 Å². The zero-order chi connectivity index (χ0) is 17.9. The van der Waals surface area contributed by atoms with Crippen LogP contribution in [0.3, 0.4) is 0 Å². The maximum absolute atomic E-state index is 9.90. The molecular formula is C22H17NO3. The zero-order valence-corrected chi connectivity index (χ0v) is 14.2. The SMILES string of the molecule is COc1ccccc1N=c1cc(-c2ccccc2)oc2ccc(O)cc12. The maximum Gasteiger partial charge on any atom is 0.144 e. The average molecular weight is 343 g/mol. The highest BCUT2D eigenvalue weighted by Gasteiger charge is 2.08. The van der Waals surface area contributed by atoms with E-state index < -0.39 is 0 Å². The molecule has 0 spiro atoms. The minimum absolute atomic E-state index is 0.164. The van der Waals surface area contributed by atoms with Gasteiger partial charge in [-0.25, -0.2) is 4.99 Å². The summed E-state index contributed by atoms with van der Waals surface area (Å²) in [5.74, 6) is 1.55. The van der Waals surface area contributed by atoms with Crippen LogP contribution in [-0.4, -0.2) is 12.2 Å². The van der Waals surface area contributed by atoms with E-state index in [0.717, 1.165) is 10.9 Å². The lowest BCUT2D eigenvalue weighted by Gasteiger charge is -2.07. The largest absolute Gasteiger partial charge is 0.508 e. The van der Waals surface area contributed by atoms with E-state index in [-0.39, 0.29) is 5.75 Å². The molecular weight excluding hydrogens is 326 g/mol. The van der Waals surface area contributed by atoms with Crippen molar-refractivity contribution in [3.05, 3.63) is 84.2 Å². The summed E-state index contributed by atoms with van der Waals surface area (Å²) in [6, 6.07) is 24.3. The minimum atomic E-state index is 0.164. The molecule has 0 aliphatic heterocycles. The van der Waals surface area contributed by atoms with Crippen molar-refractivity contribution in [3.8, 4) is 22.8 Å². The van der Waals surface area contributed by atoms with Gasteiger partial charge in [-0.3, -0.25) is 0 Å². The Kier molecular flexibility index (Phi) is 4.15. The fourth-order valence-corrected chi connectivity index (χ4v) is 2.85. The summed E-state index contributed by atoms with van der Waals surface area (Å²) in [6.07, 6.45) is 0. The van der Waals surface area contributed by atoms with Crippen LogP contribution in [0.4, 0.5) is 5.69 Å². The van der Waals surface area contributed by atoms with E-state index in [0.29, 0.717) is 28.1 Å². The molecule has 1 heterocycles. The van der Waals surface area contributed by atoms with Crippen molar-refractivity contribution in [2.24, 2.45) is 4.99 Å². The molecule has 0 aliphatic carbocycles. The molecule has 4 nitrogen and oxygen atoms in total. The summed E-state index contributed by atoms with van der Waals surface area (Å²) in [7, 11) is 1.62. The van der Waals surface area contributed by atoms with Crippen LogP contribution in [0.1, 0.15) is 0 Å². The Morgan fingerprint density at radius 3 is 2.46 bits per heavy atom. The third-order valence-electron chi connectivity index (χ3n) is 4.11. The molecule has 128 valence electrons. The van der Waals surface area contributed by atoms with E-state index in [4.69, 9.17) is 14.1 Å². The zero-order valence-electron chi connectivity index (χ0n) is 14.2. The van der Waals surface area contributed by atoms with Crippen molar-refractivity contribution >= 4 is 16.7 Å². The molecule has 1 N–H and O–H groups in total. The van der Waals surface area contributed by atoms with Gasteiger partial charge in [0.25, 0.3) is 0 Å². The normalized spacial score (nSPS) is 11.7. The Balaban J connectivity index is 2.03. The number of methoxy groups -OCH3 is 1. The number of phenols is 1. The summed E-state index contributed by atoms with van der Waals surface area (Å²) in [5, 5.41) is 11.3. The Hall–Kier alpha value is -3.53. The average Bonchev–Trinajstić information content (AvgIpc) is 2.69. The Labute approximate surface area is 150 Å². The van der Waals surface area contributed by atoms with Gasteiger partial charge in [0.2, 0.25) is 0 Å². The first-order valence-corrected chi connectivity index (χ1v) is 8.24. The van der Waals surface area contributed by atoms with Crippen molar-refractivity contribution in [1.29, 1.82) is 0 Å². The van der Waals surface area contributed by atoms with E-state index in [1.54, 1.807) is 25.3 Å². The summed E-state index contributed by atoms with van der Waals surface area (Å²) in [6.45, 7) is 0. The van der Waals surface area contributed by atoms with E-state index in [1.807, 2.05) is 60.7 Å². The van der Waals surface area contributed by atoms with Crippen LogP contribution in [0.2, 0.25) is 0 Å². The van der Waals surface area contributed by atoms with Crippen LogP contribution in [0.5, 0.6) is 11.5 Å². The summed E-state index contributed by atoms with van der Waals surface area (Å²) in [4.78, 5) is 4.77. The number of para-hydroxylation sites is 2. The molecule has 0 saturated heterocycles. The molecule has 0 atom stereocenters. The summed E-state index contributed by atoms with van der Waals surface area (Å²) >= 11 is 0. The Morgan fingerprint density at radius 1 is 0.885 bits per heavy atom. The van der Waals surface area contributed by atoms with Crippen molar-refractivity contribution in [2.75, 3.05) is 7.11 Å². The monoisotopic (exact) mass is 343 g/mol. The number of aromatic hydroxyl groups is 1. The van der Waals surface area contributed by atoms with Gasteiger partial charge in [-0.15, -0.1) is 0 Å². The van der Waals surface area contributed by atoms with Crippen LogP contribution in [0.25, 0.3) is 22.3 Å². The lowest BCUT2D eigenvalue weighted by molar-refractivity contribution is 0.416. The highest BCUT2D eigenvalue weighted by Crippen LogP contribution is 2.28. The molecule has 4 aromatic rings. The highest BCUT2D eigenvalue weighted by molar-refractivity contribution is 5.80. The Morgan fingerprint density at radius 2 is 1.65 bits per heavy atom. The fraction of sp³-hybridized carbons (Fsp3) is 0.0455. The van der Waals surface area contributed by atoms with Gasteiger partial charge in [-0.05, 0) is 30.3 Å². The quantitative estimate of drug-likeness (QED) is 0.566. The lowest BCUT2D eigenvalue weighted by atomic mass is 10.1. The second-order valence-electron chi connectivity index (χ2n) is 5.83. The molecule has 4 rings (SSSR count). The molecule has 0 fully saturated rings. The minimum Gasteiger partial charge on any atom is -0.508 e. The molecule has 0 unspecified atom stereocenters. The molecule has 0 amide bonds. The number of rotatable bonds is 3. The third-order valence-corrected chi connectivity index (χ3v) is 4.11. The first-order chi connectivity index (χ1) is 12.7. The maximum atomic E-state index is 9.90. The number of hydrogen-bond acceptors (Lipinski definition) is 4. The summed E-state index contributed by atoms with van der Waals surface area (Å²) in [5.41, 5.74) is 2.32. The van der Waals surface area contributed by atoms with Crippen LogP contribution in [0.15, 0.2) is 88.3 Å². The Bertz CT molecular complexity index is 1130. The molecule has 26 heavy (non-hydrogen) atoms. The van der Waals surface area contributed by atoms with Gasteiger partial charge in [-0.1, -0.05) is 42.5 Å². The van der Waals surface area contributed by atoms with Gasteiger partial charge in [-0.2, -0.15) is 0 Å². The number of fused-ring (bicyclic) bond motifs is 1. The van der Waals surface area contributed by atoms with Gasteiger partial charge in [0.15, 0.2) is 0 Å². The van der Waals surface area contributed by atoms with Crippen molar-refractivity contribution in [2.45, 2.75) is 0 Å².